The molecule has 0 radical (unpaired) electrons. The fourth-order valence-electron chi connectivity index (χ4n) is 6.06. The fraction of sp³-hybridized carbons (Fsp3) is 0.514. The molecule has 3 amide bonds. The third kappa shape index (κ3) is 9.04. The van der Waals surface area contributed by atoms with Crippen LogP contribution in [-0.4, -0.2) is 98.8 Å². The molecule has 3 N–H and O–H groups in total. The van der Waals surface area contributed by atoms with Gasteiger partial charge in [0.1, 0.15) is 11.4 Å². The first-order chi connectivity index (χ1) is 24.3. The van der Waals surface area contributed by atoms with Crippen LogP contribution in [0.25, 0.3) is 0 Å². The number of hydrogen-bond acceptors (Lipinski definition) is 11. The van der Waals surface area contributed by atoms with Crippen molar-refractivity contribution in [3.8, 4) is 17.2 Å². The van der Waals surface area contributed by atoms with Crippen LogP contribution in [0.2, 0.25) is 0 Å². The molecule has 3 aromatic rings. The monoisotopic (exact) mass is 729 g/mol. The van der Waals surface area contributed by atoms with Crippen molar-refractivity contribution in [1.82, 2.24) is 15.0 Å². The Hall–Kier alpha value is -4.54. The number of benzene rings is 2. The lowest BCUT2D eigenvalue weighted by Crippen LogP contribution is -2.48. The largest absolute Gasteiger partial charge is 0.490 e. The molecular formula is C35H47N5O10S. The predicted octanol–water partition coefficient (Wildman–Crippen LogP) is 4.78. The molecule has 0 bridgehead atoms. The number of likely N-dealkylation sites (N-methyl/N-ethyl adjacent to an activating group) is 1. The molecule has 4 atom stereocenters. The molecule has 0 fully saturated rings. The number of sulfonamides is 1. The molecule has 5 rings (SSSR count). The van der Waals surface area contributed by atoms with Gasteiger partial charge in [0.25, 0.3) is 15.9 Å². The second-order valence-corrected chi connectivity index (χ2v) is 14.8. The molecule has 0 spiro atoms. The highest BCUT2D eigenvalue weighted by atomic mass is 32.2. The molecule has 51 heavy (non-hydrogen) atoms. The Balaban J connectivity index is 1.40. The highest BCUT2D eigenvalue weighted by molar-refractivity contribution is 7.92. The van der Waals surface area contributed by atoms with E-state index in [1.807, 2.05) is 13.8 Å². The number of ether oxygens (including phenoxy) is 4. The first-order valence-electron chi connectivity index (χ1n) is 17.0. The summed E-state index contributed by atoms with van der Waals surface area (Å²) in [6.45, 7) is 9.21. The van der Waals surface area contributed by atoms with E-state index >= 15 is 0 Å². The van der Waals surface area contributed by atoms with Crippen LogP contribution in [0.5, 0.6) is 17.2 Å². The summed E-state index contributed by atoms with van der Waals surface area (Å²) < 4.78 is 57.7. The van der Waals surface area contributed by atoms with Crippen LogP contribution in [0.15, 0.2) is 45.8 Å². The van der Waals surface area contributed by atoms with Gasteiger partial charge in [0, 0.05) is 50.1 Å². The van der Waals surface area contributed by atoms with Gasteiger partial charge in [-0.3, -0.25) is 9.52 Å². The number of rotatable bonds is 8. The minimum Gasteiger partial charge on any atom is -0.490 e. The van der Waals surface area contributed by atoms with Crippen molar-refractivity contribution in [2.24, 2.45) is 5.92 Å². The van der Waals surface area contributed by atoms with Gasteiger partial charge in [-0.25, -0.2) is 13.2 Å². The molecule has 278 valence electrons. The van der Waals surface area contributed by atoms with Crippen LogP contribution in [0.3, 0.4) is 0 Å². The van der Waals surface area contributed by atoms with Crippen LogP contribution in [0, 0.1) is 19.8 Å². The number of aliphatic hydroxyl groups excluding tert-OH is 1. The number of nitrogens with one attached hydrogen (secondary N) is 2. The maximum absolute atomic E-state index is 14.4. The van der Waals surface area contributed by atoms with Gasteiger partial charge >= 0.3 is 6.03 Å². The van der Waals surface area contributed by atoms with Gasteiger partial charge in [-0.2, -0.15) is 0 Å². The van der Waals surface area contributed by atoms with Crippen LogP contribution >= 0.6 is 0 Å². The standard InChI is InChI=1S/C35H47N5O10S/c1-21-17-40(22(2)19-41)34(42)28-15-27(38-51(44,45)33-24(4)37-50-25(33)5)11-12-29(28)49-23(3)9-7-8-14-46-32(21)18-39(6)35(43)36-26-10-13-30-31(16-26)48-20-47-30/h10-13,15-16,21-23,32,38,41H,7-9,14,17-20H2,1-6H3,(H,36,43)/t21-,22-,23+,32+/m0/s1. The van der Waals surface area contributed by atoms with Gasteiger partial charge < -0.3 is 43.7 Å². The van der Waals surface area contributed by atoms with Crippen molar-refractivity contribution in [1.29, 1.82) is 0 Å². The summed E-state index contributed by atoms with van der Waals surface area (Å²) >= 11 is 0. The van der Waals surface area contributed by atoms with Crippen LogP contribution in [-0.2, 0) is 14.8 Å². The smallest absolute Gasteiger partial charge is 0.321 e. The number of carbonyl (C=O) groups excluding carboxylic acids is 2. The molecule has 3 heterocycles. The summed E-state index contributed by atoms with van der Waals surface area (Å²) in [5.74, 6) is 0.826. The topological polar surface area (TPSA) is 182 Å². The molecule has 0 saturated carbocycles. The summed E-state index contributed by atoms with van der Waals surface area (Å²) in [4.78, 5) is 30.7. The van der Waals surface area contributed by atoms with Crippen LogP contribution in [0.4, 0.5) is 16.2 Å². The molecule has 0 aliphatic carbocycles. The van der Waals surface area contributed by atoms with Crippen molar-refractivity contribution < 1.29 is 46.6 Å². The van der Waals surface area contributed by atoms with Crippen molar-refractivity contribution in [3.05, 3.63) is 53.4 Å². The fourth-order valence-corrected chi connectivity index (χ4v) is 7.44. The third-order valence-electron chi connectivity index (χ3n) is 8.96. The number of urea groups is 1. The average Bonchev–Trinajstić information content (AvgIpc) is 3.70. The number of carbonyl (C=O) groups is 2. The molecule has 16 heteroatoms. The average molecular weight is 730 g/mol. The van der Waals surface area contributed by atoms with E-state index in [0.717, 1.165) is 12.8 Å². The second-order valence-electron chi connectivity index (χ2n) is 13.1. The number of aryl methyl sites for hydroxylation is 2. The summed E-state index contributed by atoms with van der Waals surface area (Å²) in [6, 6.07) is 8.74. The van der Waals surface area contributed by atoms with E-state index in [1.165, 1.54) is 35.8 Å². The van der Waals surface area contributed by atoms with E-state index in [-0.39, 0.29) is 72.1 Å². The normalized spacial score (nSPS) is 20.5. The Labute approximate surface area is 298 Å². The van der Waals surface area contributed by atoms with E-state index in [9.17, 15) is 23.1 Å². The Bertz CT molecular complexity index is 1800. The van der Waals surface area contributed by atoms with Crippen molar-refractivity contribution in [3.63, 3.8) is 0 Å². The summed E-state index contributed by atoms with van der Waals surface area (Å²) in [5, 5.41) is 16.9. The van der Waals surface area contributed by atoms with Crippen molar-refractivity contribution in [2.75, 3.05) is 50.2 Å². The quantitative estimate of drug-likeness (QED) is 0.290. The molecule has 2 aliphatic heterocycles. The second kappa shape index (κ2) is 16.2. The summed E-state index contributed by atoms with van der Waals surface area (Å²) in [7, 11) is -2.43. The van der Waals surface area contributed by atoms with Gasteiger partial charge in [-0.1, -0.05) is 12.1 Å². The highest BCUT2D eigenvalue weighted by Gasteiger charge is 2.32. The highest BCUT2D eigenvalue weighted by Crippen LogP contribution is 2.34. The molecule has 0 unspecified atom stereocenters. The number of aromatic nitrogens is 1. The number of aliphatic hydroxyl groups is 1. The third-order valence-corrected chi connectivity index (χ3v) is 10.6. The van der Waals surface area contributed by atoms with Crippen molar-refractivity contribution >= 4 is 33.3 Å². The Morgan fingerprint density at radius 1 is 1.08 bits per heavy atom. The van der Waals surface area contributed by atoms with Crippen LogP contribution in [0.1, 0.15) is 61.8 Å². The maximum Gasteiger partial charge on any atom is 0.321 e. The number of anilines is 2. The molecule has 0 saturated heterocycles. The molecule has 2 aromatic carbocycles. The zero-order valence-electron chi connectivity index (χ0n) is 29.8. The predicted molar refractivity (Wildman–Crippen MR) is 188 cm³/mol. The maximum atomic E-state index is 14.4. The van der Waals surface area contributed by atoms with Crippen molar-refractivity contribution in [2.45, 2.75) is 77.0 Å². The Kier molecular flexibility index (Phi) is 12.0. The minimum absolute atomic E-state index is 0.0799. The van der Waals surface area contributed by atoms with E-state index in [4.69, 9.17) is 23.5 Å². The Morgan fingerprint density at radius 2 is 1.80 bits per heavy atom. The SMILES string of the molecule is Cc1noc(C)c1S(=O)(=O)Nc1ccc2c(c1)C(=O)N([C@@H](C)CO)C[C@H](C)[C@@H](CN(C)C(=O)Nc1ccc3c(c1)OCO3)OCCCC[C@@H](C)O2. The molecule has 15 nitrogen and oxygen atoms in total. The minimum atomic E-state index is -4.10. The molecular weight excluding hydrogens is 682 g/mol. The lowest BCUT2D eigenvalue weighted by Gasteiger charge is -2.35. The number of fused-ring (bicyclic) bond motifs is 2. The first kappa shape index (κ1) is 37.7. The Morgan fingerprint density at radius 3 is 2.53 bits per heavy atom. The van der Waals surface area contributed by atoms with E-state index in [0.29, 0.717) is 36.0 Å². The lowest BCUT2D eigenvalue weighted by atomic mass is 10.0. The van der Waals surface area contributed by atoms with E-state index < -0.39 is 28.1 Å². The number of nitrogens with zero attached hydrogens (tertiary/aromatic N) is 3. The van der Waals surface area contributed by atoms with Crippen LogP contribution < -0.4 is 24.2 Å². The zero-order valence-corrected chi connectivity index (χ0v) is 30.6. The van der Waals surface area contributed by atoms with E-state index in [1.54, 1.807) is 38.2 Å². The van der Waals surface area contributed by atoms with Gasteiger partial charge in [-0.05, 0) is 77.3 Å². The van der Waals surface area contributed by atoms with E-state index in [2.05, 4.69) is 15.2 Å². The van der Waals surface area contributed by atoms with Gasteiger partial charge in [-0.15, -0.1) is 0 Å². The van der Waals surface area contributed by atoms with Gasteiger partial charge in [0.15, 0.2) is 22.2 Å². The van der Waals surface area contributed by atoms with Gasteiger partial charge in [0.05, 0.1) is 30.4 Å². The number of amides is 3. The molecule has 2 aliphatic rings. The summed E-state index contributed by atoms with van der Waals surface area (Å²) in [5.41, 5.74) is 1.02. The summed E-state index contributed by atoms with van der Waals surface area (Å²) in [6.07, 6.45) is 1.47. The first-order valence-corrected chi connectivity index (χ1v) is 18.5. The zero-order chi connectivity index (χ0) is 36.9. The van der Waals surface area contributed by atoms with Gasteiger partial charge in [0.2, 0.25) is 6.79 Å². The number of hydrogen-bond donors (Lipinski definition) is 3. The lowest BCUT2D eigenvalue weighted by molar-refractivity contribution is -0.0115. The molecule has 1 aromatic heterocycles.